The molecule has 0 aliphatic carbocycles. The first kappa shape index (κ1) is 7.53. The predicted octanol–water partition coefficient (Wildman–Crippen LogP) is 0.658. The van der Waals surface area contributed by atoms with E-state index in [0.717, 1.165) is 6.08 Å². The second-order valence-corrected chi connectivity index (χ2v) is 1.77. The van der Waals surface area contributed by atoms with Gasteiger partial charge in [0, 0.05) is 12.1 Å². The summed E-state index contributed by atoms with van der Waals surface area (Å²) in [6.07, 6.45) is 1.52. The van der Waals surface area contributed by atoms with Crippen LogP contribution in [0.15, 0.2) is 24.0 Å². The van der Waals surface area contributed by atoms with E-state index in [4.69, 9.17) is 11.6 Å². The summed E-state index contributed by atoms with van der Waals surface area (Å²) in [6, 6.07) is -0.773. The molecule has 0 aromatic carbocycles. The van der Waals surface area contributed by atoms with Crippen LogP contribution >= 0.6 is 0 Å². The van der Waals surface area contributed by atoms with Gasteiger partial charge in [-0.2, -0.15) is 0 Å². The number of carboxylic acids is 1. The van der Waals surface area contributed by atoms with Gasteiger partial charge in [-0.25, -0.2) is 4.79 Å². The maximum absolute atomic E-state index is 10.3. The largest absolute Gasteiger partial charge is 0.508 e. The highest BCUT2D eigenvalue weighted by atomic mass is 16.4. The first-order chi connectivity index (χ1) is 5.43. The van der Waals surface area contributed by atoms with E-state index in [-0.39, 0.29) is 0 Å². The molecule has 0 atom stereocenters. The van der Waals surface area contributed by atoms with E-state index in [1.165, 1.54) is 6.92 Å². The molecule has 0 heterocycles. The van der Waals surface area contributed by atoms with Crippen molar-refractivity contribution >= 4 is 11.8 Å². The summed E-state index contributed by atoms with van der Waals surface area (Å²) in [4.78, 5) is 20.4. The summed E-state index contributed by atoms with van der Waals surface area (Å²) in [7, 11) is 0. The van der Waals surface area contributed by atoms with Crippen molar-refractivity contribution in [2.24, 2.45) is 0 Å². The summed E-state index contributed by atoms with van der Waals surface area (Å²) < 4.78 is 6.75. The highest BCUT2D eigenvalue weighted by Crippen LogP contribution is 1.90. The number of hydrogen-bond acceptors (Lipinski definition) is 3. The van der Waals surface area contributed by atoms with E-state index in [1.807, 2.05) is 0 Å². The second-order valence-electron chi connectivity index (χ2n) is 1.77. The number of carboxylic acid groups (broad SMARTS) is 1. The molecule has 0 radical (unpaired) electrons. The van der Waals surface area contributed by atoms with Crippen LogP contribution in [0.25, 0.3) is 0 Å². The third kappa shape index (κ3) is 6.30. The smallest absolute Gasteiger partial charge is 0.328 e. The Labute approximate surface area is 64.9 Å². The lowest BCUT2D eigenvalue weighted by Gasteiger charge is -1.86. The quantitative estimate of drug-likeness (QED) is 0.358. The number of rotatable bonds is 3. The number of aliphatic hydroxyl groups excluding tert-OH is 1. The molecule has 0 saturated carbocycles. The minimum atomic E-state index is -1.46. The van der Waals surface area contributed by atoms with Crippen LogP contribution in [-0.4, -0.2) is 22.0 Å². The van der Waals surface area contributed by atoms with Gasteiger partial charge in [-0.3, -0.25) is 4.79 Å². The van der Waals surface area contributed by atoms with Gasteiger partial charge >= 0.3 is 5.97 Å². The minimum absolute atomic E-state index is 0.415. The lowest BCUT2D eigenvalue weighted by molar-refractivity contribution is -0.131. The molecular weight excluding hydrogens is 148 g/mol. The van der Waals surface area contributed by atoms with Crippen molar-refractivity contribution in [2.45, 2.75) is 6.92 Å². The minimum Gasteiger partial charge on any atom is -0.508 e. The van der Waals surface area contributed by atoms with Crippen LogP contribution in [0.4, 0.5) is 0 Å². The van der Waals surface area contributed by atoms with Gasteiger partial charge in [0.15, 0.2) is 5.78 Å². The number of allylic oxidation sites excluding steroid dienone is 2. The van der Waals surface area contributed by atoms with Gasteiger partial charge < -0.3 is 10.2 Å². The lowest BCUT2D eigenvalue weighted by atomic mass is 10.3. The molecule has 0 amide bonds. The van der Waals surface area contributed by atoms with Gasteiger partial charge in [-0.05, 0) is 13.0 Å². The fourth-order valence-corrected chi connectivity index (χ4v) is 0.386. The Bertz CT molecular complexity index is 265. The molecule has 0 saturated heterocycles. The topological polar surface area (TPSA) is 74.6 Å². The number of aliphatic hydroxyl groups is 1. The summed E-state index contributed by atoms with van der Waals surface area (Å²) >= 11 is 0. The average molecular weight is 157 g/mol. The third-order valence-corrected chi connectivity index (χ3v) is 0.695. The Kier molecular flexibility index (Phi) is 2.92. The fraction of sp³-hybridized carbons (Fsp3) is 0.143. The zero-order valence-corrected chi connectivity index (χ0v) is 5.87. The molecule has 0 fully saturated rings. The predicted molar refractivity (Wildman–Crippen MR) is 38.2 cm³/mol. The molecule has 4 nitrogen and oxygen atoms in total. The average Bonchev–Trinajstić information content (AvgIpc) is 1.84. The highest BCUT2D eigenvalue weighted by molar-refractivity contribution is 5.88. The van der Waals surface area contributed by atoms with Crippen LogP contribution in [-0.2, 0) is 9.59 Å². The van der Waals surface area contributed by atoms with Crippen LogP contribution in [0.3, 0.4) is 0 Å². The molecule has 0 aromatic heterocycles. The normalized spacial score (nSPS) is 14.1. The van der Waals surface area contributed by atoms with Gasteiger partial charge in [0.1, 0.15) is 5.76 Å². The highest BCUT2D eigenvalue weighted by Gasteiger charge is 1.91. The summed E-state index contributed by atoms with van der Waals surface area (Å²) in [5.41, 5.74) is 0. The first-order valence-corrected chi connectivity index (χ1v) is 2.76. The second kappa shape index (κ2) is 4.27. The van der Waals surface area contributed by atoms with E-state index in [9.17, 15) is 9.59 Å². The first-order valence-electron chi connectivity index (χ1n) is 3.26. The van der Waals surface area contributed by atoms with Crippen molar-refractivity contribution in [3.63, 3.8) is 0 Å². The van der Waals surface area contributed by atoms with Crippen LogP contribution in [0.5, 0.6) is 0 Å². The van der Waals surface area contributed by atoms with Crippen molar-refractivity contribution in [3.05, 3.63) is 24.0 Å². The monoisotopic (exact) mass is 157 g/mol. The molecule has 4 heteroatoms. The Balaban J connectivity index is 4.54. The summed E-state index contributed by atoms with van der Waals surface area (Å²) in [5, 5.41) is 17.0. The molecular formula is C7H8O4. The Morgan fingerprint density at radius 1 is 1.45 bits per heavy atom. The summed E-state index contributed by atoms with van der Waals surface area (Å²) in [6.45, 7) is 1.20. The van der Waals surface area contributed by atoms with E-state index < -0.39 is 23.6 Å². The SMILES string of the molecule is [2H]/C(=C\C(O)=C\C(C)=O)C(=O)O. The van der Waals surface area contributed by atoms with Crippen molar-refractivity contribution < 1.29 is 21.2 Å². The molecule has 2 N–H and O–H groups in total. The number of aliphatic carboxylic acids is 1. The van der Waals surface area contributed by atoms with E-state index >= 15 is 0 Å². The zero-order valence-electron chi connectivity index (χ0n) is 6.87. The lowest BCUT2D eigenvalue weighted by Crippen LogP contribution is -1.89. The molecule has 11 heavy (non-hydrogen) atoms. The van der Waals surface area contributed by atoms with E-state index in [2.05, 4.69) is 0 Å². The van der Waals surface area contributed by atoms with Gasteiger partial charge in [-0.1, -0.05) is 0 Å². The maximum Gasteiger partial charge on any atom is 0.328 e. The molecule has 60 valence electrons. The van der Waals surface area contributed by atoms with Gasteiger partial charge in [0.25, 0.3) is 0 Å². The Hall–Kier alpha value is -1.58. The van der Waals surface area contributed by atoms with E-state index in [1.54, 1.807) is 0 Å². The van der Waals surface area contributed by atoms with Gasteiger partial charge in [-0.15, -0.1) is 0 Å². The Morgan fingerprint density at radius 3 is 2.36 bits per heavy atom. The van der Waals surface area contributed by atoms with Crippen molar-refractivity contribution in [3.8, 4) is 0 Å². The zero-order chi connectivity index (χ0) is 9.72. The van der Waals surface area contributed by atoms with Gasteiger partial charge in [0.05, 0.1) is 1.37 Å². The van der Waals surface area contributed by atoms with Crippen LogP contribution in [0.1, 0.15) is 8.29 Å². The number of carbonyl (C=O) groups excluding carboxylic acids is 1. The molecule has 0 unspecified atom stereocenters. The number of hydrogen-bond donors (Lipinski definition) is 2. The number of ketones is 1. The third-order valence-electron chi connectivity index (χ3n) is 0.695. The van der Waals surface area contributed by atoms with Crippen LogP contribution in [0, 0.1) is 0 Å². The maximum atomic E-state index is 10.3. The molecule has 0 aromatic rings. The van der Waals surface area contributed by atoms with Crippen molar-refractivity contribution in [1.29, 1.82) is 0 Å². The van der Waals surface area contributed by atoms with E-state index in [0.29, 0.717) is 6.08 Å². The molecule has 0 bridgehead atoms. The van der Waals surface area contributed by atoms with Crippen LogP contribution < -0.4 is 0 Å². The number of carbonyl (C=O) groups is 2. The van der Waals surface area contributed by atoms with Crippen molar-refractivity contribution in [2.75, 3.05) is 0 Å². The molecule has 0 aliphatic heterocycles. The fourth-order valence-electron chi connectivity index (χ4n) is 0.386. The molecule has 0 spiro atoms. The van der Waals surface area contributed by atoms with Crippen LogP contribution in [0.2, 0.25) is 0 Å². The van der Waals surface area contributed by atoms with Gasteiger partial charge in [0.2, 0.25) is 0 Å². The summed E-state index contributed by atoms with van der Waals surface area (Å²) in [5.74, 6) is -2.41. The Morgan fingerprint density at radius 2 is 2.00 bits per heavy atom. The van der Waals surface area contributed by atoms with Crippen molar-refractivity contribution in [1.82, 2.24) is 0 Å². The molecule has 0 rings (SSSR count). The standard InChI is InChI=1S/C7H8O4/c1-5(8)4-6(9)2-3-7(10)11/h2-4,9H,1H3,(H,10,11)/b3-2+,6-4-/i3D. The molecule has 0 aliphatic rings.